The van der Waals surface area contributed by atoms with Gasteiger partial charge in [-0.25, -0.2) is 0 Å². The molecular formula is C19H12ClN3O2. The summed E-state index contributed by atoms with van der Waals surface area (Å²) in [5, 5.41) is 5.17. The van der Waals surface area contributed by atoms with Crippen molar-refractivity contribution < 1.29 is 0 Å². The molecule has 0 aliphatic carbocycles. The average molecular weight is 350 g/mol. The van der Waals surface area contributed by atoms with Gasteiger partial charge in [-0.1, -0.05) is 17.7 Å². The van der Waals surface area contributed by atoms with E-state index in [2.05, 4.69) is 10.2 Å². The van der Waals surface area contributed by atoms with Crippen LogP contribution in [-0.4, -0.2) is 9.55 Å². The number of aromatic nitrogens is 2. The van der Waals surface area contributed by atoms with Crippen LogP contribution in [0.1, 0.15) is 5.56 Å². The van der Waals surface area contributed by atoms with Gasteiger partial charge in [0.2, 0.25) is 0 Å². The normalized spacial score (nSPS) is 11.1. The number of halogens is 1. The molecule has 0 fully saturated rings. The maximum absolute atomic E-state index is 12.6. The van der Waals surface area contributed by atoms with E-state index in [1.165, 1.54) is 6.07 Å². The summed E-state index contributed by atoms with van der Waals surface area (Å²) >= 11 is 6.15. The first-order chi connectivity index (χ1) is 12.1. The summed E-state index contributed by atoms with van der Waals surface area (Å²) in [6.07, 6.45) is 1.72. The number of pyridine rings is 2. The quantitative estimate of drug-likeness (QED) is 0.382. The van der Waals surface area contributed by atoms with Crippen LogP contribution in [0.4, 0.5) is 5.69 Å². The van der Waals surface area contributed by atoms with Crippen LogP contribution in [0.25, 0.3) is 27.5 Å². The van der Waals surface area contributed by atoms with Gasteiger partial charge in [-0.3, -0.25) is 14.3 Å². The topological polar surface area (TPSA) is 64.3 Å². The Kier molecular flexibility index (Phi) is 3.58. The largest absolute Gasteiger partial charge is 0.276 e. The number of aryl methyl sites for hydroxylation is 1. The van der Waals surface area contributed by atoms with Crippen LogP contribution >= 0.6 is 11.6 Å². The number of rotatable bonds is 2. The van der Waals surface area contributed by atoms with Gasteiger partial charge in [0.15, 0.2) is 0 Å². The molecule has 0 aliphatic heterocycles. The van der Waals surface area contributed by atoms with Gasteiger partial charge in [-0.2, -0.15) is 0 Å². The second-order valence-corrected chi connectivity index (χ2v) is 6.23. The number of benzene rings is 2. The van der Waals surface area contributed by atoms with Crippen molar-refractivity contribution in [3.05, 3.63) is 80.6 Å². The zero-order chi connectivity index (χ0) is 17.6. The molecule has 4 rings (SSSR count). The zero-order valence-corrected chi connectivity index (χ0v) is 14.0. The van der Waals surface area contributed by atoms with Gasteiger partial charge in [0, 0.05) is 28.1 Å². The molecule has 0 saturated heterocycles. The summed E-state index contributed by atoms with van der Waals surface area (Å²) in [6.45, 7) is 1.80. The molecule has 0 spiro atoms. The van der Waals surface area contributed by atoms with Crippen LogP contribution in [0.15, 0.2) is 64.7 Å². The van der Waals surface area contributed by atoms with E-state index >= 15 is 0 Å². The van der Waals surface area contributed by atoms with Crippen molar-refractivity contribution in [1.29, 1.82) is 0 Å². The summed E-state index contributed by atoms with van der Waals surface area (Å²) in [4.78, 5) is 28.1. The van der Waals surface area contributed by atoms with Gasteiger partial charge >= 0.3 is 0 Å². The Hall–Kier alpha value is -3.05. The van der Waals surface area contributed by atoms with Gasteiger partial charge in [0.05, 0.1) is 16.7 Å². The lowest BCUT2D eigenvalue weighted by atomic mass is 10.1. The van der Waals surface area contributed by atoms with Crippen molar-refractivity contribution in [2.75, 3.05) is 0 Å². The summed E-state index contributed by atoms with van der Waals surface area (Å²) in [5.41, 5.74) is 2.85. The second kappa shape index (κ2) is 5.79. The zero-order valence-electron chi connectivity index (χ0n) is 13.2. The number of hydrogen-bond acceptors (Lipinski definition) is 4. The van der Waals surface area contributed by atoms with Gasteiger partial charge in [0.25, 0.3) is 5.56 Å². The van der Waals surface area contributed by atoms with Crippen molar-refractivity contribution in [1.82, 2.24) is 9.55 Å². The van der Waals surface area contributed by atoms with Crippen molar-refractivity contribution in [2.45, 2.75) is 6.92 Å². The van der Waals surface area contributed by atoms with E-state index in [0.717, 1.165) is 21.9 Å². The van der Waals surface area contributed by atoms with Crippen molar-refractivity contribution in [3.8, 4) is 5.69 Å². The molecule has 6 heteroatoms. The van der Waals surface area contributed by atoms with Crippen LogP contribution in [0.5, 0.6) is 0 Å². The van der Waals surface area contributed by atoms with Crippen LogP contribution in [0.3, 0.4) is 0 Å². The highest BCUT2D eigenvalue weighted by atomic mass is 35.5. The van der Waals surface area contributed by atoms with E-state index in [-0.39, 0.29) is 5.56 Å². The van der Waals surface area contributed by atoms with Crippen LogP contribution in [0.2, 0.25) is 5.02 Å². The monoisotopic (exact) mass is 349 g/mol. The Labute approximate surface area is 147 Å². The maximum Gasteiger partial charge on any atom is 0.255 e. The third kappa shape index (κ3) is 2.49. The molecule has 122 valence electrons. The SMILES string of the molecule is Cc1ccc(-n2c(=O)ccc3cnc4ccc(Cl)cc4c32)cc1N=O. The maximum atomic E-state index is 12.6. The van der Waals surface area contributed by atoms with Crippen LogP contribution in [0, 0.1) is 11.8 Å². The highest BCUT2D eigenvalue weighted by molar-refractivity contribution is 6.31. The molecule has 0 amide bonds. The Morgan fingerprint density at radius 3 is 2.72 bits per heavy atom. The molecule has 0 aliphatic rings. The third-order valence-electron chi connectivity index (χ3n) is 4.23. The number of hydrogen-bond donors (Lipinski definition) is 0. The van der Waals surface area contributed by atoms with E-state index in [1.54, 1.807) is 54.1 Å². The minimum absolute atomic E-state index is 0.208. The Morgan fingerprint density at radius 1 is 1.08 bits per heavy atom. The fourth-order valence-electron chi connectivity index (χ4n) is 2.98. The highest BCUT2D eigenvalue weighted by Gasteiger charge is 2.12. The highest BCUT2D eigenvalue weighted by Crippen LogP contribution is 2.28. The summed E-state index contributed by atoms with van der Waals surface area (Å²) in [7, 11) is 0. The van der Waals surface area contributed by atoms with E-state index in [4.69, 9.17) is 11.6 Å². The lowest BCUT2D eigenvalue weighted by molar-refractivity contribution is 1.04. The minimum atomic E-state index is -0.208. The van der Waals surface area contributed by atoms with Crippen molar-refractivity contribution >= 4 is 39.1 Å². The predicted molar refractivity (Wildman–Crippen MR) is 100 cm³/mol. The summed E-state index contributed by atoms with van der Waals surface area (Å²) in [6, 6.07) is 13.7. The fourth-order valence-corrected chi connectivity index (χ4v) is 3.15. The molecule has 5 nitrogen and oxygen atoms in total. The molecule has 4 aromatic rings. The standard InChI is InChI=1S/C19H12ClN3O2/c1-11-2-5-14(9-17(11)22-25)23-18(24)7-3-12-10-21-16-6-4-13(20)8-15(16)19(12)23/h2-10H,1H3. The van der Waals surface area contributed by atoms with E-state index < -0.39 is 0 Å². The van der Waals surface area contributed by atoms with Gasteiger partial charge in [-0.15, -0.1) is 4.91 Å². The molecule has 0 saturated carbocycles. The molecule has 0 unspecified atom stereocenters. The van der Waals surface area contributed by atoms with Crippen molar-refractivity contribution in [3.63, 3.8) is 0 Å². The van der Waals surface area contributed by atoms with E-state index in [0.29, 0.717) is 21.9 Å². The third-order valence-corrected chi connectivity index (χ3v) is 4.46. The Morgan fingerprint density at radius 2 is 1.92 bits per heavy atom. The Bertz CT molecular complexity index is 1210. The fraction of sp³-hybridized carbons (Fsp3) is 0.0526. The molecule has 2 aromatic carbocycles. The summed E-state index contributed by atoms with van der Waals surface area (Å²) in [5.74, 6) is 0. The van der Waals surface area contributed by atoms with Gasteiger partial charge < -0.3 is 0 Å². The first-order valence-corrected chi connectivity index (χ1v) is 8.01. The molecule has 0 atom stereocenters. The molecule has 0 radical (unpaired) electrons. The smallest absolute Gasteiger partial charge is 0.255 e. The van der Waals surface area contributed by atoms with Crippen molar-refractivity contribution in [2.24, 2.45) is 5.18 Å². The predicted octanol–water partition coefficient (Wildman–Crippen LogP) is 4.90. The molecule has 0 N–H and O–H groups in total. The van der Waals surface area contributed by atoms with Crippen LogP contribution in [-0.2, 0) is 0 Å². The average Bonchev–Trinajstić information content (AvgIpc) is 2.62. The summed E-state index contributed by atoms with van der Waals surface area (Å²) < 4.78 is 1.56. The number of fused-ring (bicyclic) bond motifs is 3. The second-order valence-electron chi connectivity index (χ2n) is 5.79. The van der Waals surface area contributed by atoms with Gasteiger partial charge in [0.1, 0.15) is 5.69 Å². The van der Waals surface area contributed by atoms with E-state index in [9.17, 15) is 9.70 Å². The lowest BCUT2D eigenvalue weighted by Crippen LogP contribution is -2.17. The minimum Gasteiger partial charge on any atom is -0.276 e. The molecule has 2 aromatic heterocycles. The molecule has 0 bridgehead atoms. The van der Waals surface area contributed by atoms with Crippen LogP contribution < -0.4 is 5.56 Å². The lowest BCUT2D eigenvalue weighted by Gasteiger charge is -2.13. The van der Waals surface area contributed by atoms with Gasteiger partial charge in [-0.05, 0) is 54.1 Å². The molecular weight excluding hydrogens is 338 g/mol. The Balaban J connectivity index is 2.19. The molecule has 25 heavy (non-hydrogen) atoms. The first-order valence-electron chi connectivity index (χ1n) is 7.63. The number of nitrogens with zero attached hydrogens (tertiary/aromatic N) is 3. The number of nitroso groups, excluding NO2 is 1. The van der Waals surface area contributed by atoms with E-state index in [1.807, 2.05) is 6.07 Å². The first kappa shape index (κ1) is 15.5. The molecule has 2 heterocycles.